The molecule has 0 spiro atoms. The van der Waals surface area contributed by atoms with Crippen molar-refractivity contribution in [1.82, 2.24) is 0 Å². The molecule has 106 valence electrons. The third-order valence-electron chi connectivity index (χ3n) is 3.00. The highest BCUT2D eigenvalue weighted by Gasteiger charge is 2.06. The minimum atomic E-state index is -0.00295. The Balaban J connectivity index is 2.05. The molecule has 0 saturated heterocycles. The number of nitrogens with two attached hydrogens (primary N) is 1. The summed E-state index contributed by atoms with van der Waals surface area (Å²) < 4.78 is 11.9. The second-order valence-electron chi connectivity index (χ2n) is 4.61. The Morgan fingerprint density at radius 3 is 2.60 bits per heavy atom. The summed E-state index contributed by atoms with van der Waals surface area (Å²) in [6, 6.07) is 13.7. The molecule has 0 heterocycles. The van der Waals surface area contributed by atoms with Gasteiger partial charge in [0.25, 0.3) is 0 Å². The van der Waals surface area contributed by atoms with Crippen LogP contribution >= 0.6 is 15.9 Å². The van der Waals surface area contributed by atoms with Crippen LogP contribution in [0, 0.1) is 0 Å². The summed E-state index contributed by atoms with van der Waals surface area (Å²) in [7, 11) is 1.66. The molecule has 1 atom stereocenters. The Hall–Kier alpha value is -1.52. The average Bonchev–Trinajstić information content (AvgIpc) is 2.45. The van der Waals surface area contributed by atoms with E-state index >= 15 is 0 Å². The number of hydrogen-bond donors (Lipinski definition) is 1. The lowest BCUT2D eigenvalue weighted by molar-refractivity contribution is 0.305. The molecule has 2 aromatic rings. The summed E-state index contributed by atoms with van der Waals surface area (Å²) in [5.41, 5.74) is 8.01. The molecule has 0 aliphatic heterocycles. The van der Waals surface area contributed by atoms with E-state index in [1.807, 2.05) is 49.4 Å². The number of ether oxygens (including phenoxy) is 2. The zero-order chi connectivity index (χ0) is 14.5. The van der Waals surface area contributed by atoms with E-state index in [1.54, 1.807) is 7.11 Å². The molecule has 0 aromatic heterocycles. The molecule has 2 aromatic carbocycles. The Kier molecular flexibility index (Phi) is 5.04. The Bertz CT molecular complexity index is 584. The molecule has 3 nitrogen and oxygen atoms in total. The highest BCUT2D eigenvalue weighted by molar-refractivity contribution is 9.10. The third-order valence-corrected chi connectivity index (χ3v) is 3.69. The van der Waals surface area contributed by atoms with Crippen molar-refractivity contribution in [2.24, 2.45) is 5.73 Å². The summed E-state index contributed by atoms with van der Waals surface area (Å²) >= 11 is 3.52. The zero-order valence-corrected chi connectivity index (χ0v) is 13.2. The van der Waals surface area contributed by atoms with Gasteiger partial charge in [-0.25, -0.2) is 0 Å². The largest absolute Gasteiger partial charge is 0.497 e. The number of hydrogen-bond acceptors (Lipinski definition) is 3. The van der Waals surface area contributed by atoms with Gasteiger partial charge in [-0.2, -0.15) is 0 Å². The first-order valence-corrected chi connectivity index (χ1v) is 7.20. The fourth-order valence-corrected chi connectivity index (χ4v) is 2.61. The van der Waals surface area contributed by atoms with Gasteiger partial charge in [0.15, 0.2) is 0 Å². The van der Waals surface area contributed by atoms with Crippen LogP contribution in [0.15, 0.2) is 46.9 Å². The first-order valence-electron chi connectivity index (χ1n) is 6.41. The topological polar surface area (TPSA) is 44.5 Å². The SMILES string of the molecule is COc1cccc(COc2ccc(C(C)N)c(Br)c2)c1. The van der Waals surface area contributed by atoms with Crippen LogP contribution in [0.1, 0.15) is 24.1 Å². The van der Waals surface area contributed by atoms with E-state index in [0.29, 0.717) is 6.61 Å². The van der Waals surface area contributed by atoms with Gasteiger partial charge in [0.2, 0.25) is 0 Å². The monoisotopic (exact) mass is 335 g/mol. The van der Waals surface area contributed by atoms with Crippen molar-refractivity contribution >= 4 is 15.9 Å². The molecular formula is C16H18BrNO2. The first-order chi connectivity index (χ1) is 9.60. The molecule has 0 aliphatic rings. The van der Waals surface area contributed by atoms with Crippen LogP contribution in [0.5, 0.6) is 11.5 Å². The number of rotatable bonds is 5. The van der Waals surface area contributed by atoms with Crippen LogP contribution in [0.25, 0.3) is 0 Å². The fraction of sp³-hybridized carbons (Fsp3) is 0.250. The van der Waals surface area contributed by atoms with Crippen LogP contribution in [0.3, 0.4) is 0 Å². The van der Waals surface area contributed by atoms with Gasteiger partial charge in [-0.1, -0.05) is 34.1 Å². The van der Waals surface area contributed by atoms with E-state index in [4.69, 9.17) is 15.2 Å². The Labute approximate surface area is 127 Å². The zero-order valence-electron chi connectivity index (χ0n) is 11.6. The molecule has 2 N–H and O–H groups in total. The van der Waals surface area contributed by atoms with E-state index in [0.717, 1.165) is 27.1 Å². The quantitative estimate of drug-likeness (QED) is 0.896. The Morgan fingerprint density at radius 1 is 1.15 bits per heavy atom. The molecule has 0 bridgehead atoms. The molecular weight excluding hydrogens is 318 g/mol. The lowest BCUT2D eigenvalue weighted by Crippen LogP contribution is -2.05. The Morgan fingerprint density at radius 2 is 1.95 bits per heavy atom. The predicted octanol–water partition coefficient (Wildman–Crippen LogP) is 4.06. The molecule has 0 aliphatic carbocycles. The third kappa shape index (κ3) is 3.74. The number of benzene rings is 2. The van der Waals surface area contributed by atoms with E-state index in [9.17, 15) is 0 Å². The van der Waals surface area contributed by atoms with E-state index in [-0.39, 0.29) is 6.04 Å². The lowest BCUT2D eigenvalue weighted by atomic mass is 10.1. The molecule has 2 rings (SSSR count). The van der Waals surface area contributed by atoms with Gasteiger partial charge in [0.1, 0.15) is 18.1 Å². The summed E-state index contributed by atoms with van der Waals surface area (Å²) in [6.07, 6.45) is 0. The fourth-order valence-electron chi connectivity index (χ4n) is 1.90. The minimum Gasteiger partial charge on any atom is -0.497 e. The van der Waals surface area contributed by atoms with Crippen LogP contribution < -0.4 is 15.2 Å². The second kappa shape index (κ2) is 6.77. The van der Waals surface area contributed by atoms with E-state index < -0.39 is 0 Å². The van der Waals surface area contributed by atoms with E-state index in [1.165, 1.54) is 0 Å². The van der Waals surface area contributed by atoms with Gasteiger partial charge in [-0.05, 0) is 42.3 Å². The molecule has 1 unspecified atom stereocenters. The summed E-state index contributed by atoms with van der Waals surface area (Å²) in [6.45, 7) is 2.46. The van der Waals surface area contributed by atoms with Gasteiger partial charge < -0.3 is 15.2 Å². The maximum absolute atomic E-state index is 5.88. The normalized spacial score (nSPS) is 12.0. The lowest BCUT2D eigenvalue weighted by Gasteiger charge is -2.12. The van der Waals surface area contributed by atoms with Gasteiger partial charge in [0.05, 0.1) is 7.11 Å². The maximum atomic E-state index is 5.88. The van der Waals surface area contributed by atoms with Crippen molar-refractivity contribution in [1.29, 1.82) is 0 Å². The van der Waals surface area contributed by atoms with Crippen molar-refractivity contribution in [3.05, 3.63) is 58.1 Å². The second-order valence-corrected chi connectivity index (χ2v) is 5.47. The average molecular weight is 336 g/mol. The minimum absolute atomic E-state index is 0.00295. The first kappa shape index (κ1) is 14.9. The van der Waals surface area contributed by atoms with Crippen molar-refractivity contribution < 1.29 is 9.47 Å². The molecule has 20 heavy (non-hydrogen) atoms. The number of halogens is 1. The molecule has 0 saturated carbocycles. The van der Waals surface area contributed by atoms with Gasteiger partial charge in [0, 0.05) is 10.5 Å². The highest BCUT2D eigenvalue weighted by atomic mass is 79.9. The van der Waals surface area contributed by atoms with Crippen molar-refractivity contribution in [2.75, 3.05) is 7.11 Å². The molecule has 4 heteroatoms. The smallest absolute Gasteiger partial charge is 0.120 e. The van der Waals surface area contributed by atoms with Crippen LogP contribution in [-0.4, -0.2) is 7.11 Å². The van der Waals surface area contributed by atoms with Gasteiger partial charge >= 0.3 is 0 Å². The standard InChI is InChI=1S/C16H18BrNO2/c1-11(18)15-7-6-14(9-16(15)17)20-10-12-4-3-5-13(8-12)19-2/h3-9,11H,10,18H2,1-2H3. The molecule has 0 radical (unpaired) electrons. The van der Waals surface area contributed by atoms with Crippen molar-refractivity contribution in [3.8, 4) is 11.5 Å². The van der Waals surface area contributed by atoms with E-state index in [2.05, 4.69) is 15.9 Å². The highest BCUT2D eigenvalue weighted by Crippen LogP contribution is 2.27. The van der Waals surface area contributed by atoms with Gasteiger partial charge in [-0.3, -0.25) is 0 Å². The summed E-state index contributed by atoms with van der Waals surface area (Å²) in [5.74, 6) is 1.64. The van der Waals surface area contributed by atoms with Crippen LogP contribution in [-0.2, 0) is 6.61 Å². The molecule has 0 fully saturated rings. The van der Waals surface area contributed by atoms with Crippen LogP contribution in [0.4, 0.5) is 0 Å². The molecule has 0 amide bonds. The van der Waals surface area contributed by atoms with Gasteiger partial charge in [-0.15, -0.1) is 0 Å². The summed E-state index contributed by atoms with van der Waals surface area (Å²) in [5, 5.41) is 0. The predicted molar refractivity (Wildman–Crippen MR) is 84.1 cm³/mol. The van der Waals surface area contributed by atoms with Crippen LogP contribution in [0.2, 0.25) is 0 Å². The maximum Gasteiger partial charge on any atom is 0.120 e. The van der Waals surface area contributed by atoms with Crippen molar-refractivity contribution in [3.63, 3.8) is 0 Å². The summed E-state index contributed by atoms with van der Waals surface area (Å²) in [4.78, 5) is 0. The number of methoxy groups -OCH3 is 1. The van der Waals surface area contributed by atoms with Crippen molar-refractivity contribution in [2.45, 2.75) is 19.6 Å².